The van der Waals surface area contributed by atoms with Crippen LogP contribution in [0.15, 0.2) is 0 Å². The lowest BCUT2D eigenvalue weighted by molar-refractivity contribution is -0.150. The largest absolute Gasteiger partial charge is 0.480 e. The molecular weight excluding hydrogens is 360 g/mol. The number of hydrogen-bond donors (Lipinski definition) is 5. The average Bonchev–Trinajstić information content (AvgIpc) is 3.33. The molecule has 0 aromatic heterocycles. The van der Waals surface area contributed by atoms with Gasteiger partial charge in [0.15, 0.2) is 0 Å². The summed E-state index contributed by atoms with van der Waals surface area (Å²) in [4.78, 5) is 51.0. The molecule has 0 unspecified atom stereocenters. The molecule has 2 heterocycles. The molecule has 3 amide bonds. The fraction of sp³-hybridized carbons (Fsp3) is 0.750. The van der Waals surface area contributed by atoms with Crippen LogP contribution in [0.2, 0.25) is 0 Å². The van der Waals surface area contributed by atoms with Gasteiger partial charge in [0.2, 0.25) is 17.7 Å². The van der Waals surface area contributed by atoms with Gasteiger partial charge in [0, 0.05) is 13.1 Å². The normalized spacial score (nSPS) is 24.6. The van der Waals surface area contributed by atoms with Crippen LogP contribution in [0, 0.1) is 0 Å². The lowest BCUT2D eigenvalue weighted by Crippen LogP contribution is -2.57. The molecule has 11 heteroatoms. The molecule has 0 aromatic carbocycles. The smallest absolute Gasteiger partial charge is 0.326 e. The Hall–Kier alpha value is -2.24. The number of rotatable bonds is 7. The van der Waals surface area contributed by atoms with Crippen molar-refractivity contribution in [2.45, 2.75) is 49.9 Å². The number of amides is 3. The third-order valence-electron chi connectivity index (χ3n) is 4.97. The van der Waals surface area contributed by atoms with E-state index in [1.165, 1.54) is 4.90 Å². The third kappa shape index (κ3) is 4.54. The molecule has 2 aliphatic rings. The first kappa shape index (κ1) is 21.1. The van der Waals surface area contributed by atoms with Gasteiger partial charge in [0.25, 0.3) is 0 Å². The molecule has 2 aliphatic heterocycles. The molecule has 11 nitrogen and oxygen atoms in total. The van der Waals surface area contributed by atoms with Crippen molar-refractivity contribution in [3.63, 3.8) is 0 Å². The second-order valence-corrected chi connectivity index (χ2v) is 6.75. The maximum absolute atomic E-state index is 12.6. The Kier molecular flexibility index (Phi) is 7.11. The number of nitrogens with one attached hydrogen (secondary N) is 1. The number of nitrogens with zero attached hydrogens (tertiary/aromatic N) is 2. The van der Waals surface area contributed by atoms with Crippen molar-refractivity contribution in [1.82, 2.24) is 15.1 Å². The Morgan fingerprint density at radius 1 is 0.963 bits per heavy atom. The van der Waals surface area contributed by atoms with Crippen molar-refractivity contribution >= 4 is 23.7 Å². The Bertz CT molecular complexity index is 599. The Morgan fingerprint density at radius 2 is 1.52 bits per heavy atom. The van der Waals surface area contributed by atoms with E-state index in [0.29, 0.717) is 32.2 Å². The van der Waals surface area contributed by atoms with Gasteiger partial charge in [-0.05, 0) is 25.7 Å². The lowest BCUT2D eigenvalue weighted by atomic mass is 10.1. The molecule has 2 rings (SSSR count). The highest BCUT2D eigenvalue weighted by molar-refractivity contribution is 5.94. The van der Waals surface area contributed by atoms with Gasteiger partial charge < -0.3 is 36.2 Å². The first-order chi connectivity index (χ1) is 12.8. The van der Waals surface area contributed by atoms with Crippen LogP contribution in [0.5, 0.6) is 0 Å². The zero-order valence-corrected chi connectivity index (χ0v) is 14.9. The van der Waals surface area contributed by atoms with E-state index in [4.69, 9.17) is 10.8 Å². The zero-order valence-electron chi connectivity index (χ0n) is 14.9. The first-order valence-electron chi connectivity index (χ1n) is 8.93. The number of carbonyl (C=O) groups excluding carboxylic acids is 3. The van der Waals surface area contributed by atoms with E-state index in [9.17, 15) is 29.4 Å². The Balaban J connectivity index is 2.04. The second-order valence-electron chi connectivity index (χ2n) is 6.75. The lowest BCUT2D eigenvalue weighted by Gasteiger charge is -2.29. The van der Waals surface area contributed by atoms with E-state index in [1.54, 1.807) is 0 Å². The summed E-state index contributed by atoms with van der Waals surface area (Å²) >= 11 is 0. The number of aliphatic hydroxyl groups is 2. The number of aliphatic carboxylic acids is 1. The molecule has 0 saturated carbocycles. The molecule has 0 aromatic rings. The summed E-state index contributed by atoms with van der Waals surface area (Å²) < 4.78 is 0. The van der Waals surface area contributed by atoms with Crippen molar-refractivity contribution in [2.24, 2.45) is 5.73 Å². The molecule has 152 valence electrons. The van der Waals surface area contributed by atoms with Crippen molar-refractivity contribution in [2.75, 3.05) is 26.3 Å². The maximum atomic E-state index is 12.6. The zero-order chi connectivity index (χ0) is 20.1. The highest BCUT2D eigenvalue weighted by atomic mass is 16.4. The van der Waals surface area contributed by atoms with Crippen LogP contribution in [-0.4, -0.2) is 99.3 Å². The van der Waals surface area contributed by atoms with Crippen LogP contribution >= 0.6 is 0 Å². The highest BCUT2D eigenvalue weighted by Crippen LogP contribution is 2.20. The van der Waals surface area contributed by atoms with E-state index in [2.05, 4.69) is 5.32 Å². The minimum atomic E-state index is -1.29. The number of carbonyl (C=O) groups is 4. The molecule has 0 spiro atoms. The summed E-state index contributed by atoms with van der Waals surface area (Å²) in [6.07, 6.45) is 1.77. The van der Waals surface area contributed by atoms with Crippen molar-refractivity contribution in [3.8, 4) is 0 Å². The van der Waals surface area contributed by atoms with Crippen LogP contribution < -0.4 is 11.1 Å². The molecule has 27 heavy (non-hydrogen) atoms. The molecular formula is C16H26N4O7. The molecule has 0 bridgehead atoms. The van der Waals surface area contributed by atoms with Gasteiger partial charge in [-0.1, -0.05) is 0 Å². The number of carboxylic acids is 1. The van der Waals surface area contributed by atoms with Crippen molar-refractivity contribution < 1.29 is 34.5 Å². The predicted molar refractivity (Wildman–Crippen MR) is 91.2 cm³/mol. The van der Waals surface area contributed by atoms with Gasteiger partial charge in [0.1, 0.15) is 24.2 Å². The van der Waals surface area contributed by atoms with Crippen LogP contribution in [0.3, 0.4) is 0 Å². The molecule has 2 saturated heterocycles. The summed E-state index contributed by atoms with van der Waals surface area (Å²) in [5.74, 6) is -2.98. The van der Waals surface area contributed by atoms with E-state index in [0.717, 1.165) is 4.90 Å². The maximum Gasteiger partial charge on any atom is 0.326 e. The minimum absolute atomic E-state index is 0.238. The first-order valence-corrected chi connectivity index (χ1v) is 8.93. The highest BCUT2D eigenvalue weighted by Gasteiger charge is 2.40. The molecule has 0 radical (unpaired) electrons. The van der Waals surface area contributed by atoms with Gasteiger partial charge in [-0.15, -0.1) is 0 Å². The van der Waals surface area contributed by atoms with E-state index >= 15 is 0 Å². The quantitative estimate of drug-likeness (QED) is 0.305. The topological polar surface area (TPSA) is 174 Å². The molecule has 0 aliphatic carbocycles. The van der Waals surface area contributed by atoms with E-state index in [1.807, 2.05) is 0 Å². The number of likely N-dealkylation sites (tertiary alicyclic amines) is 2. The Labute approximate surface area is 156 Å². The van der Waals surface area contributed by atoms with Gasteiger partial charge in [-0.25, -0.2) is 4.79 Å². The number of aliphatic hydroxyl groups excluding tert-OH is 2. The van der Waals surface area contributed by atoms with Crippen LogP contribution in [0.4, 0.5) is 0 Å². The van der Waals surface area contributed by atoms with Crippen LogP contribution in [0.25, 0.3) is 0 Å². The van der Waals surface area contributed by atoms with Crippen LogP contribution in [0.1, 0.15) is 25.7 Å². The third-order valence-corrected chi connectivity index (χ3v) is 4.97. The Morgan fingerprint density at radius 3 is 2.04 bits per heavy atom. The monoisotopic (exact) mass is 386 g/mol. The second kappa shape index (κ2) is 9.11. The van der Waals surface area contributed by atoms with Crippen molar-refractivity contribution in [3.05, 3.63) is 0 Å². The van der Waals surface area contributed by atoms with Crippen molar-refractivity contribution in [1.29, 1.82) is 0 Å². The SMILES string of the molecule is N[C@@H](CO)C(=O)N1CCC[C@H]1C(=O)N[C@@H](CO)C(=O)N1CCC[C@H]1C(=O)O. The summed E-state index contributed by atoms with van der Waals surface area (Å²) in [7, 11) is 0. The summed E-state index contributed by atoms with van der Waals surface area (Å²) in [6, 6.07) is -4.25. The number of hydrogen-bond acceptors (Lipinski definition) is 7. The summed E-state index contributed by atoms with van der Waals surface area (Å²) in [5, 5.41) is 30.2. The van der Waals surface area contributed by atoms with Gasteiger partial charge in [-0.2, -0.15) is 0 Å². The van der Waals surface area contributed by atoms with Gasteiger partial charge in [-0.3, -0.25) is 14.4 Å². The molecule has 4 atom stereocenters. The number of carboxylic acid groups (broad SMARTS) is 1. The van der Waals surface area contributed by atoms with Gasteiger partial charge >= 0.3 is 5.97 Å². The van der Waals surface area contributed by atoms with Gasteiger partial charge in [0.05, 0.1) is 13.2 Å². The molecule has 2 fully saturated rings. The number of nitrogens with two attached hydrogens (primary N) is 1. The van der Waals surface area contributed by atoms with E-state index in [-0.39, 0.29) is 6.54 Å². The minimum Gasteiger partial charge on any atom is -0.480 e. The standard InChI is InChI=1S/C16H26N4O7/c17-9(7-21)14(24)19-5-1-3-11(19)13(23)18-10(8-22)15(25)20-6-2-4-12(20)16(26)27/h9-12,21-22H,1-8,17H2,(H,18,23)(H,26,27)/t9-,10-,11-,12-/m0/s1. The fourth-order valence-corrected chi connectivity index (χ4v) is 3.53. The summed E-state index contributed by atoms with van der Waals surface area (Å²) in [6.45, 7) is -0.700. The molecule has 6 N–H and O–H groups in total. The summed E-state index contributed by atoms with van der Waals surface area (Å²) in [5.41, 5.74) is 5.53. The van der Waals surface area contributed by atoms with E-state index < -0.39 is 61.1 Å². The average molecular weight is 386 g/mol. The van der Waals surface area contributed by atoms with Crippen LogP contribution in [-0.2, 0) is 19.2 Å². The fourth-order valence-electron chi connectivity index (χ4n) is 3.53. The predicted octanol–water partition coefficient (Wildman–Crippen LogP) is -3.15.